The predicted octanol–water partition coefficient (Wildman–Crippen LogP) is -0.194. The maximum absolute atomic E-state index is 7.22. The second-order valence-electron chi connectivity index (χ2n) is 3.37. The van der Waals surface area contributed by atoms with Gasteiger partial charge >= 0.3 is 0 Å². The van der Waals surface area contributed by atoms with Crippen molar-refractivity contribution in [2.75, 3.05) is 27.7 Å². The minimum absolute atomic E-state index is 0.0648. The quantitative estimate of drug-likeness (QED) is 0.355. The zero-order valence-electron chi connectivity index (χ0n) is 6.23. The van der Waals surface area contributed by atoms with E-state index in [0.717, 1.165) is 11.0 Å². The molecule has 0 aliphatic heterocycles. The second kappa shape index (κ2) is 2.46. The number of hydrogen-bond acceptors (Lipinski definition) is 0. The number of hydrogen-bond donors (Lipinski definition) is 0. The average molecular weight is 119 g/mol. The van der Waals surface area contributed by atoms with Crippen molar-refractivity contribution in [3.63, 3.8) is 0 Å². The second-order valence-corrected chi connectivity index (χ2v) is 3.37. The van der Waals surface area contributed by atoms with E-state index in [1.54, 1.807) is 0 Å². The van der Waals surface area contributed by atoms with E-state index >= 15 is 0 Å². The van der Waals surface area contributed by atoms with Crippen LogP contribution in [0.4, 0.5) is 0 Å². The van der Waals surface area contributed by atoms with E-state index in [9.17, 15) is 0 Å². The van der Waals surface area contributed by atoms with Gasteiger partial charge in [0, 0.05) is 6.92 Å². The Balaban J connectivity index is 3.39. The summed E-state index contributed by atoms with van der Waals surface area (Å²) in [7, 11) is 6.31. The Morgan fingerprint density at radius 2 is 1.75 bits per heavy atom. The summed E-state index contributed by atoms with van der Waals surface area (Å²) in [6.45, 7) is 2.85. The fraction of sp³-hybridized carbons (Fsp3) is 1.00. The van der Waals surface area contributed by atoms with Crippen molar-refractivity contribution >= 4 is 0 Å². The summed E-state index contributed by atoms with van der Waals surface area (Å²) in [5, 5.41) is 7.22. The molecule has 1 atom stereocenters. The van der Waals surface area contributed by atoms with Gasteiger partial charge in [-0.3, -0.25) is 0 Å². The molecule has 0 aliphatic rings. The molecule has 0 aromatic heterocycles. The first-order valence-electron chi connectivity index (χ1n) is 2.93. The van der Waals surface area contributed by atoms with E-state index in [1.165, 1.54) is 0 Å². The summed E-state index contributed by atoms with van der Waals surface area (Å²) in [4.78, 5) is 0. The predicted molar refractivity (Wildman–Crippen MR) is 36.0 cm³/mol. The third kappa shape index (κ3) is 5.92. The number of likely N-dealkylation sites (N-methyl/N-ethyl adjacent to an activating group) is 1. The highest BCUT2D eigenvalue weighted by Crippen LogP contribution is 1.92. The molecule has 2 heteroatoms. The Hall–Kier alpha value is -0.0800. The fourth-order valence-corrected chi connectivity index (χ4v) is 0.822. The fourth-order valence-electron chi connectivity index (χ4n) is 0.822. The van der Waals surface area contributed by atoms with Crippen molar-refractivity contribution < 1.29 is 9.59 Å². The van der Waals surface area contributed by atoms with Crippen LogP contribution in [-0.4, -0.2) is 43.4 Å². The topological polar surface area (TPSA) is 22.9 Å². The molecule has 0 radical (unpaired) electrons. The highest BCUT2D eigenvalue weighted by Gasteiger charge is 2.12. The smallest absolute Gasteiger partial charge is 0.200 e. The molecule has 0 aliphatic carbocycles. The lowest BCUT2D eigenvalue weighted by Gasteiger charge is -2.23. The molecule has 2 N–H and O–H groups in total. The van der Waals surface area contributed by atoms with Gasteiger partial charge in [-0.05, 0) is 0 Å². The van der Waals surface area contributed by atoms with E-state index in [-0.39, 0.29) is 6.10 Å². The molecule has 0 spiro atoms. The number of rotatable bonds is 2. The molecule has 0 rings (SSSR count). The van der Waals surface area contributed by atoms with Gasteiger partial charge in [-0.25, -0.2) is 0 Å². The summed E-state index contributed by atoms with van der Waals surface area (Å²) >= 11 is 0. The molecular formula is C6H17NO+2. The first kappa shape index (κ1) is 7.92. The molecule has 0 aromatic carbocycles. The molecule has 0 saturated carbocycles. The third-order valence-corrected chi connectivity index (χ3v) is 0.822. The highest BCUT2D eigenvalue weighted by molar-refractivity contribution is 4.39. The minimum Gasteiger partial charge on any atom is -0.439 e. The highest BCUT2D eigenvalue weighted by atomic mass is 16.3. The first-order valence-corrected chi connectivity index (χ1v) is 2.93. The van der Waals surface area contributed by atoms with Crippen LogP contribution < -0.4 is 0 Å². The number of nitrogens with zero attached hydrogens (tertiary/aromatic N) is 1. The lowest BCUT2D eigenvalue weighted by Crippen LogP contribution is -2.40. The van der Waals surface area contributed by atoms with Gasteiger partial charge in [0.1, 0.15) is 0 Å². The maximum Gasteiger partial charge on any atom is 0.200 e. The molecule has 1 unspecified atom stereocenters. The molecule has 0 heterocycles. The summed E-state index contributed by atoms with van der Waals surface area (Å²) < 4.78 is 0.894. The Kier molecular flexibility index (Phi) is 2.44. The summed E-state index contributed by atoms with van der Waals surface area (Å²) in [6.07, 6.45) is 0.0648. The van der Waals surface area contributed by atoms with Crippen molar-refractivity contribution in [2.24, 2.45) is 0 Å². The number of quaternary nitrogens is 1. The van der Waals surface area contributed by atoms with Gasteiger partial charge in [0.2, 0.25) is 6.10 Å². The molecule has 2 nitrogen and oxygen atoms in total. The van der Waals surface area contributed by atoms with Crippen molar-refractivity contribution in [1.29, 1.82) is 0 Å². The Morgan fingerprint density at radius 1 is 1.38 bits per heavy atom. The van der Waals surface area contributed by atoms with Crippen LogP contribution in [-0.2, 0) is 0 Å². The van der Waals surface area contributed by atoms with Crippen LogP contribution >= 0.6 is 0 Å². The molecule has 0 aromatic rings. The van der Waals surface area contributed by atoms with Crippen LogP contribution in [0.2, 0.25) is 0 Å². The lowest BCUT2D eigenvalue weighted by molar-refractivity contribution is -0.873. The molecule has 0 saturated heterocycles. The minimum atomic E-state index is 0.0648. The zero-order valence-corrected chi connectivity index (χ0v) is 6.23. The summed E-state index contributed by atoms with van der Waals surface area (Å²) in [5.74, 6) is 0. The van der Waals surface area contributed by atoms with Gasteiger partial charge < -0.3 is 9.59 Å². The first-order chi connectivity index (χ1) is 3.42. The molecule has 50 valence electrons. The van der Waals surface area contributed by atoms with E-state index < -0.39 is 0 Å². The molecule has 0 fully saturated rings. The molecule has 0 amide bonds. The van der Waals surface area contributed by atoms with Crippen molar-refractivity contribution in [3.8, 4) is 0 Å². The van der Waals surface area contributed by atoms with Crippen molar-refractivity contribution in [3.05, 3.63) is 0 Å². The molecule has 0 bridgehead atoms. The summed E-state index contributed by atoms with van der Waals surface area (Å²) in [5.41, 5.74) is 0. The monoisotopic (exact) mass is 119 g/mol. The Labute approximate surface area is 51.3 Å². The van der Waals surface area contributed by atoms with Crippen LogP contribution in [0.3, 0.4) is 0 Å². The van der Waals surface area contributed by atoms with E-state index in [1.807, 2.05) is 6.92 Å². The normalized spacial score (nSPS) is 16.1. The van der Waals surface area contributed by atoms with Crippen LogP contribution in [0.25, 0.3) is 0 Å². The standard InChI is InChI=1S/C6H16NO/c1-6(8)5-7(2,3)4/h6,8H,5H2,1-4H3/q+1/p+1. The summed E-state index contributed by atoms with van der Waals surface area (Å²) in [6, 6.07) is 0. The van der Waals surface area contributed by atoms with Crippen molar-refractivity contribution in [1.82, 2.24) is 0 Å². The van der Waals surface area contributed by atoms with Crippen LogP contribution in [0, 0.1) is 0 Å². The van der Waals surface area contributed by atoms with Crippen LogP contribution in [0.15, 0.2) is 0 Å². The van der Waals surface area contributed by atoms with Gasteiger partial charge in [0.15, 0.2) is 6.54 Å². The Bertz CT molecular complexity index is 63.4. The van der Waals surface area contributed by atoms with E-state index in [4.69, 9.17) is 5.11 Å². The molecular weight excluding hydrogens is 102 g/mol. The average Bonchev–Trinajstić information content (AvgIpc) is 1.21. The van der Waals surface area contributed by atoms with E-state index in [2.05, 4.69) is 21.1 Å². The van der Waals surface area contributed by atoms with Gasteiger partial charge in [0.25, 0.3) is 0 Å². The third-order valence-electron chi connectivity index (χ3n) is 0.822. The molecule has 8 heavy (non-hydrogen) atoms. The van der Waals surface area contributed by atoms with Gasteiger partial charge in [-0.1, -0.05) is 0 Å². The Morgan fingerprint density at radius 3 is 1.75 bits per heavy atom. The van der Waals surface area contributed by atoms with E-state index in [0.29, 0.717) is 0 Å². The maximum atomic E-state index is 7.22. The van der Waals surface area contributed by atoms with Crippen LogP contribution in [0.5, 0.6) is 0 Å². The van der Waals surface area contributed by atoms with Gasteiger partial charge in [-0.2, -0.15) is 0 Å². The van der Waals surface area contributed by atoms with Gasteiger partial charge in [-0.15, -0.1) is 0 Å². The lowest BCUT2D eigenvalue weighted by atomic mass is 10.3. The zero-order chi connectivity index (χ0) is 6.78. The van der Waals surface area contributed by atoms with Crippen LogP contribution in [0.1, 0.15) is 6.92 Å². The van der Waals surface area contributed by atoms with Gasteiger partial charge in [0.05, 0.1) is 21.1 Å². The van der Waals surface area contributed by atoms with Crippen molar-refractivity contribution in [2.45, 2.75) is 13.0 Å². The largest absolute Gasteiger partial charge is 0.439 e. The SMILES string of the molecule is CC([OH2+])C[N+](C)(C)C.